The molecule has 1 aliphatic heterocycles. The molecule has 1 aliphatic rings. The second-order valence-electron chi connectivity index (χ2n) is 3.74. The highest BCUT2D eigenvalue weighted by Gasteiger charge is 2.23. The summed E-state index contributed by atoms with van der Waals surface area (Å²) < 4.78 is 0. The van der Waals surface area contributed by atoms with Gasteiger partial charge in [-0.25, -0.2) is 4.98 Å². The fourth-order valence-corrected chi connectivity index (χ4v) is 2.04. The van der Waals surface area contributed by atoms with Gasteiger partial charge in [-0.2, -0.15) is 5.26 Å². The highest BCUT2D eigenvalue weighted by Crippen LogP contribution is 2.24. The summed E-state index contributed by atoms with van der Waals surface area (Å²) in [6, 6.07) is 6.14. The molecular weight excluding hydrogens is 188 g/mol. The highest BCUT2D eigenvalue weighted by atomic mass is 15.2. The van der Waals surface area contributed by atoms with Gasteiger partial charge in [0.15, 0.2) is 0 Å². The first-order valence-electron chi connectivity index (χ1n) is 5.18. The zero-order valence-corrected chi connectivity index (χ0v) is 8.56. The van der Waals surface area contributed by atoms with Gasteiger partial charge in [0, 0.05) is 19.1 Å². The van der Waals surface area contributed by atoms with E-state index >= 15 is 0 Å². The fourth-order valence-electron chi connectivity index (χ4n) is 2.04. The molecule has 0 aliphatic carbocycles. The van der Waals surface area contributed by atoms with E-state index in [1.165, 1.54) is 6.42 Å². The Kier molecular flexibility index (Phi) is 2.84. The van der Waals surface area contributed by atoms with Crippen molar-refractivity contribution < 1.29 is 0 Å². The number of rotatable bonds is 2. The highest BCUT2D eigenvalue weighted by molar-refractivity contribution is 5.47. The molecule has 4 heteroatoms. The Bertz CT molecular complexity index is 365. The van der Waals surface area contributed by atoms with Crippen molar-refractivity contribution >= 4 is 5.69 Å². The average molecular weight is 202 g/mol. The Morgan fingerprint density at radius 2 is 2.47 bits per heavy atom. The largest absolute Gasteiger partial charge is 0.366 e. The quantitative estimate of drug-likeness (QED) is 0.773. The minimum Gasteiger partial charge on any atom is -0.366 e. The monoisotopic (exact) mass is 202 g/mol. The summed E-state index contributed by atoms with van der Waals surface area (Å²) in [5.41, 5.74) is 7.23. The first-order chi connectivity index (χ1) is 7.35. The fraction of sp³-hybridized carbons (Fsp3) is 0.455. The summed E-state index contributed by atoms with van der Waals surface area (Å²) in [6.07, 6.45) is 4.09. The molecule has 0 bridgehead atoms. The van der Waals surface area contributed by atoms with Crippen LogP contribution in [0.1, 0.15) is 18.5 Å². The van der Waals surface area contributed by atoms with Crippen molar-refractivity contribution in [3.63, 3.8) is 0 Å². The Hall–Kier alpha value is -1.60. The number of nitrogens with two attached hydrogens (primary N) is 1. The van der Waals surface area contributed by atoms with E-state index < -0.39 is 0 Å². The molecule has 15 heavy (non-hydrogen) atoms. The molecule has 1 fully saturated rings. The second-order valence-corrected chi connectivity index (χ2v) is 3.74. The lowest BCUT2D eigenvalue weighted by Gasteiger charge is -2.25. The summed E-state index contributed by atoms with van der Waals surface area (Å²) in [5.74, 6) is 0. The molecule has 4 nitrogen and oxygen atoms in total. The third-order valence-electron chi connectivity index (χ3n) is 2.84. The van der Waals surface area contributed by atoms with Gasteiger partial charge in [-0.05, 0) is 25.0 Å². The van der Waals surface area contributed by atoms with Crippen LogP contribution in [0.5, 0.6) is 0 Å². The Balaban J connectivity index is 2.19. The molecule has 1 unspecified atom stereocenters. The number of nitrogens with zero attached hydrogens (tertiary/aromatic N) is 3. The van der Waals surface area contributed by atoms with Crippen molar-refractivity contribution in [1.82, 2.24) is 4.98 Å². The van der Waals surface area contributed by atoms with Crippen LogP contribution in [-0.2, 0) is 0 Å². The predicted molar refractivity (Wildman–Crippen MR) is 58.4 cm³/mol. The standard InChI is InChI=1S/C11H14N4/c12-6-9-3-4-11(8-14-9)15-5-1-2-10(15)7-13/h3-4,8,10H,1-2,5,7,13H2. The lowest BCUT2D eigenvalue weighted by Crippen LogP contribution is -2.35. The van der Waals surface area contributed by atoms with Gasteiger partial charge < -0.3 is 10.6 Å². The smallest absolute Gasteiger partial charge is 0.140 e. The first-order valence-corrected chi connectivity index (χ1v) is 5.18. The maximum Gasteiger partial charge on any atom is 0.140 e. The Labute approximate surface area is 89.3 Å². The molecule has 1 aromatic rings. The number of aromatic nitrogens is 1. The number of hydrogen-bond donors (Lipinski definition) is 1. The molecule has 0 radical (unpaired) electrons. The van der Waals surface area contributed by atoms with Crippen molar-refractivity contribution in [2.24, 2.45) is 5.73 Å². The Morgan fingerprint density at radius 3 is 3.07 bits per heavy atom. The number of nitriles is 1. The van der Waals surface area contributed by atoms with E-state index in [0.717, 1.165) is 18.7 Å². The molecule has 0 spiro atoms. The molecule has 0 saturated carbocycles. The van der Waals surface area contributed by atoms with Crippen molar-refractivity contribution in [2.45, 2.75) is 18.9 Å². The SMILES string of the molecule is N#Cc1ccc(N2CCCC2CN)cn1. The Morgan fingerprint density at radius 1 is 1.60 bits per heavy atom. The molecular formula is C11H14N4. The van der Waals surface area contributed by atoms with E-state index in [1.807, 2.05) is 12.1 Å². The second kappa shape index (κ2) is 4.28. The van der Waals surface area contributed by atoms with Gasteiger partial charge in [-0.3, -0.25) is 0 Å². The third kappa shape index (κ3) is 1.92. The van der Waals surface area contributed by atoms with Crippen LogP contribution in [0.15, 0.2) is 18.3 Å². The van der Waals surface area contributed by atoms with Crippen LogP contribution in [-0.4, -0.2) is 24.1 Å². The number of pyridine rings is 1. The zero-order valence-electron chi connectivity index (χ0n) is 8.56. The summed E-state index contributed by atoms with van der Waals surface area (Å²) in [5, 5.41) is 8.65. The van der Waals surface area contributed by atoms with Crippen molar-refractivity contribution in [2.75, 3.05) is 18.0 Å². The molecule has 2 heterocycles. The third-order valence-corrected chi connectivity index (χ3v) is 2.84. The average Bonchev–Trinajstić information content (AvgIpc) is 2.77. The van der Waals surface area contributed by atoms with E-state index in [0.29, 0.717) is 18.3 Å². The van der Waals surface area contributed by atoms with E-state index in [4.69, 9.17) is 11.0 Å². The topological polar surface area (TPSA) is 65.9 Å². The van der Waals surface area contributed by atoms with Gasteiger partial charge in [0.05, 0.1) is 11.9 Å². The maximum absolute atomic E-state index is 8.65. The minimum absolute atomic E-state index is 0.430. The summed E-state index contributed by atoms with van der Waals surface area (Å²) in [4.78, 5) is 6.34. The molecule has 0 aromatic carbocycles. The number of anilines is 1. The van der Waals surface area contributed by atoms with Crippen molar-refractivity contribution in [3.8, 4) is 6.07 Å². The van der Waals surface area contributed by atoms with Gasteiger partial charge in [0.2, 0.25) is 0 Å². The summed E-state index contributed by atoms with van der Waals surface area (Å²) in [6.45, 7) is 1.72. The van der Waals surface area contributed by atoms with Crippen LogP contribution in [0.25, 0.3) is 0 Å². The normalized spacial score (nSPS) is 20.3. The van der Waals surface area contributed by atoms with Crippen LogP contribution in [0.4, 0.5) is 5.69 Å². The zero-order chi connectivity index (χ0) is 10.7. The predicted octanol–water partition coefficient (Wildman–Crippen LogP) is 0.881. The van der Waals surface area contributed by atoms with Gasteiger partial charge >= 0.3 is 0 Å². The molecule has 0 amide bonds. The van der Waals surface area contributed by atoms with Crippen molar-refractivity contribution in [3.05, 3.63) is 24.0 Å². The van der Waals surface area contributed by atoms with Crippen LogP contribution in [0, 0.1) is 11.3 Å². The van der Waals surface area contributed by atoms with Crippen LogP contribution in [0.2, 0.25) is 0 Å². The summed E-state index contributed by atoms with van der Waals surface area (Å²) in [7, 11) is 0. The van der Waals surface area contributed by atoms with Gasteiger partial charge in [-0.1, -0.05) is 0 Å². The first kappa shape index (κ1) is 9.94. The van der Waals surface area contributed by atoms with Gasteiger partial charge in [0.25, 0.3) is 0 Å². The summed E-state index contributed by atoms with van der Waals surface area (Å²) >= 11 is 0. The van der Waals surface area contributed by atoms with Gasteiger partial charge in [0.1, 0.15) is 11.8 Å². The molecule has 1 saturated heterocycles. The van der Waals surface area contributed by atoms with Crippen LogP contribution < -0.4 is 10.6 Å². The van der Waals surface area contributed by atoms with E-state index in [2.05, 4.69) is 9.88 Å². The molecule has 2 N–H and O–H groups in total. The van der Waals surface area contributed by atoms with Gasteiger partial charge in [-0.15, -0.1) is 0 Å². The molecule has 2 rings (SSSR count). The maximum atomic E-state index is 8.65. The van der Waals surface area contributed by atoms with E-state index in [1.54, 1.807) is 12.3 Å². The number of hydrogen-bond acceptors (Lipinski definition) is 4. The van der Waals surface area contributed by atoms with E-state index in [9.17, 15) is 0 Å². The lowest BCUT2D eigenvalue weighted by molar-refractivity contribution is 0.676. The van der Waals surface area contributed by atoms with E-state index in [-0.39, 0.29) is 0 Å². The lowest BCUT2D eigenvalue weighted by atomic mass is 10.2. The van der Waals surface area contributed by atoms with Crippen molar-refractivity contribution in [1.29, 1.82) is 5.26 Å². The van der Waals surface area contributed by atoms with Crippen LogP contribution in [0.3, 0.4) is 0 Å². The van der Waals surface area contributed by atoms with Crippen LogP contribution >= 0.6 is 0 Å². The molecule has 1 atom stereocenters. The minimum atomic E-state index is 0.430. The molecule has 78 valence electrons. The molecule has 1 aromatic heterocycles.